The fraction of sp³-hybridized carbons (Fsp3) is 0.357. The van der Waals surface area contributed by atoms with E-state index < -0.39 is 0 Å². The number of rotatable bonds is 2. The Balaban J connectivity index is 2.00. The van der Waals surface area contributed by atoms with Crippen molar-refractivity contribution in [3.05, 3.63) is 42.1 Å². The maximum Gasteiger partial charge on any atom is 0.0702 e. The van der Waals surface area contributed by atoms with Crippen molar-refractivity contribution in [3.8, 4) is 0 Å². The summed E-state index contributed by atoms with van der Waals surface area (Å²) in [5, 5.41) is 1.27. The van der Waals surface area contributed by atoms with Crippen LogP contribution in [0.5, 0.6) is 0 Å². The van der Waals surface area contributed by atoms with Crippen molar-refractivity contribution in [1.29, 1.82) is 0 Å². The maximum atomic E-state index is 4.34. The van der Waals surface area contributed by atoms with Crippen LogP contribution in [0.2, 0.25) is 0 Å². The molecule has 3 rings (SSSR count). The summed E-state index contributed by atoms with van der Waals surface area (Å²) < 4.78 is 0. The largest absolute Gasteiger partial charge is 0.256 e. The summed E-state index contributed by atoms with van der Waals surface area (Å²) in [6.45, 7) is 2.28. The first kappa shape index (κ1) is 8.90. The highest BCUT2D eigenvalue weighted by molar-refractivity contribution is 5.79. The molecule has 1 aromatic carbocycles. The Morgan fingerprint density at radius 2 is 2.27 bits per heavy atom. The molecule has 1 heterocycles. The van der Waals surface area contributed by atoms with Gasteiger partial charge in [0.05, 0.1) is 5.52 Å². The smallest absolute Gasteiger partial charge is 0.0702 e. The molecule has 0 spiro atoms. The predicted octanol–water partition coefficient (Wildman–Crippen LogP) is 3.75. The van der Waals surface area contributed by atoms with E-state index in [9.17, 15) is 0 Å². The van der Waals surface area contributed by atoms with Gasteiger partial charge in [-0.25, -0.2) is 0 Å². The number of aromatic nitrogens is 1. The van der Waals surface area contributed by atoms with Crippen LogP contribution in [-0.2, 0) is 0 Å². The van der Waals surface area contributed by atoms with Crippen LogP contribution >= 0.6 is 0 Å². The molecule has 0 amide bonds. The summed E-state index contributed by atoms with van der Waals surface area (Å²) in [7, 11) is 0. The van der Waals surface area contributed by atoms with Gasteiger partial charge < -0.3 is 0 Å². The van der Waals surface area contributed by atoms with Gasteiger partial charge >= 0.3 is 0 Å². The van der Waals surface area contributed by atoms with E-state index >= 15 is 0 Å². The van der Waals surface area contributed by atoms with E-state index in [0.29, 0.717) is 0 Å². The third-order valence-electron chi connectivity index (χ3n) is 3.50. The van der Waals surface area contributed by atoms with Gasteiger partial charge in [0.15, 0.2) is 0 Å². The highest BCUT2D eigenvalue weighted by Gasteiger charge is 2.36. The SMILES string of the molecule is CCC1CC1c1ccc2ncccc2c1. The van der Waals surface area contributed by atoms with Crippen molar-refractivity contribution in [2.24, 2.45) is 5.92 Å². The fourth-order valence-corrected chi connectivity index (χ4v) is 2.43. The average Bonchev–Trinajstić information content (AvgIpc) is 3.08. The molecule has 1 heteroatoms. The first-order chi connectivity index (χ1) is 7.38. The lowest BCUT2D eigenvalue weighted by Gasteiger charge is -2.01. The van der Waals surface area contributed by atoms with Gasteiger partial charge in [-0.3, -0.25) is 4.98 Å². The van der Waals surface area contributed by atoms with Gasteiger partial charge in [-0.15, -0.1) is 0 Å². The summed E-state index contributed by atoms with van der Waals surface area (Å²) in [6, 6.07) is 10.9. The topological polar surface area (TPSA) is 12.9 Å². The zero-order chi connectivity index (χ0) is 10.3. The molecule has 0 saturated heterocycles. The number of fused-ring (bicyclic) bond motifs is 1. The Morgan fingerprint density at radius 1 is 1.33 bits per heavy atom. The second-order valence-corrected chi connectivity index (χ2v) is 4.47. The molecule has 0 aliphatic heterocycles. The third-order valence-corrected chi connectivity index (χ3v) is 3.50. The molecule has 2 unspecified atom stereocenters. The summed E-state index contributed by atoms with van der Waals surface area (Å²) in [4.78, 5) is 4.34. The monoisotopic (exact) mass is 197 g/mol. The minimum atomic E-state index is 0.819. The third kappa shape index (κ3) is 1.52. The Hall–Kier alpha value is -1.37. The number of nitrogens with zero attached hydrogens (tertiary/aromatic N) is 1. The summed E-state index contributed by atoms with van der Waals surface area (Å²) >= 11 is 0. The molecule has 0 radical (unpaired) electrons. The quantitative estimate of drug-likeness (QED) is 0.714. The second kappa shape index (κ2) is 3.34. The molecule has 0 bridgehead atoms. The first-order valence-electron chi connectivity index (χ1n) is 5.73. The Kier molecular flexibility index (Phi) is 1.98. The predicted molar refractivity (Wildman–Crippen MR) is 62.9 cm³/mol. The molecule has 1 aromatic heterocycles. The molecule has 0 N–H and O–H groups in total. The van der Waals surface area contributed by atoms with Crippen LogP contribution in [0.25, 0.3) is 10.9 Å². The Morgan fingerprint density at radius 3 is 3.07 bits per heavy atom. The molecular weight excluding hydrogens is 182 g/mol. The summed E-state index contributed by atoms with van der Waals surface area (Å²) in [6.07, 6.45) is 4.55. The molecule has 1 fully saturated rings. The van der Waals surface area contributed by atoms with Gasteiger partial charge in [0.1, 0.15) is 0 Å². The van der Waals surface area contributed by atoms with Gasteiger partial charge in [-0.05, 0) is 42.0 Å². The summed E-state index contributed by atoms with van der Waals surface area (Å²) in [5.41, 5.74) is 2.61. The maximum absolute atomic E-state index is 4.34. The van der Waals surface area contributed by atoms with Crippen molar-refractivity contribution >= 4 is 10.9 Å². The fourth-order valence-electron chi connectivity index (χ4n) is 2.43. The van der Waals surface area contributed by atoms with Gasteiger partial charge in [0.25, 0.3) is 0 Å². The van der Waals surface area contributed by atoms with Gasteiger partial charge in [0.2, 0.25) is 0 Å². The number of hydrogen-bond donors (Lipinski definition) is 0. The van der Waals surface area contributed by atoms with Gasteiger partial charge in [-0.1, -0.05) is 25.5 Å². The lowest BCUT2D eigenvalue weighted by molar-refractivity contribution is 0.766. The van der Waals surface area contributed by atoms with Gasteiger partial charge in [-0.2, -0.15) is 0 Å². The Labute approximate surface area is 90.2 Å². The van der Waals surface area contributed by atoms with Crippen LogP contribution in [0, 0.1) is 5.92 Å². The first-order valence-corrected chi connectivity index (χ1v) is 5.73. The Bertz CT molecular complexity index is 489. The normalized spacial score (nSPS) is 24.3. The molecule has 2 aromatic rings. The highest BCUT2D eigenvalue weighted by Crippen LogP contribution is 2.49. The van der Waals surface area contributed by atoms with E-state index in [1.54, 1.807) is 0 Å². The van der Waals surface area contributed by atoms with E-state index in [0.717, 1.165) is 17.4 Å². The molecule has 76 valence electrons. The molecule has 15 heavy (non-hydrogen) atoms. The zero-order valence-electron chi connectivity index (χ0n) is 8.98. The summed E-state index contributed by atoms with van der Waals surface area (Å²) in [5.74, 6) is 1.75. The van der Waals surface area contributed by atoms with Crippen molar-refractivity contribution < 1.29 is 0 Å². The van der Waals surface area contributed by atoms with E-state index in [2.05, 4.69) is 36.2 Å². The van der Waals surface area contributed by atoms with Crippen LogP contribution in [0.3, 0.4) is 0 Å². The van der Waals surface area contributed by atoms with Crippen molar-refractivity contribution in [3.63, 3.8) is 0 Å². The molecular formula is C14H15N. The standard InChI is InChI=1S/C14H15N/c1-2-10-9-13(10)11-5-6-14-12(8-11)4-3-7-15-14/h3-8,10,13H,2,9H2,1H3. The molecule has 1 aliphatic rings. The number of hydrogen-bond acceptors (Lipinski definition) is 1. The van der Waals surface area contributed by atoms with Crippen LogP contribution in [0.15, 0.2) is 36.5 Å². The van der Waals surface area contributed by atoms with E-state index in [-0.39, 0.29) is 0 Å². The van der Waals surface area contributed by atoms with Crippen LogP contribution < -0.4 is 0 Å². The van der Waals surface area contributed by atoms with E-state index in [1.165, 1.54) is 23.8 Å². The van der Waals surface area contributed by atoms with E-state index in [1.807, 2.05) is 12.3 Å². The molecule has 1 saturated carbocycles. The number of pyridine rings is 1. The zero-order valence-corrected chi connectivity index (χ0v) is 8.98. The average molecular weight is 197 g/mol. The molecule has 2 atom stereocenters. The van der Waals surface area contributed by atoms with Crippen molar-refractivity contribution in [2.45, 2.75) is 25.7 Å². The minimum absolute atomic E-state index is 0.819. The second-order valence-electron chi connectivity index (χ2n) is 4.47. The lowest BCUT2D eigenvalue weighted by Crippen LogP contribution is -1.84. The van der Waals surface area contributed by atoms with Crippen molar-refractivity contribution in [1.82, 2.24) is 4.98 Å². The van der Waals surface area contributed by atoms with Gasteiger partial charge in [0, 0.05) is 11.6 Å². The highest BCUT2D eigenvalue weighted by atomic mass is 14.6. The number of benzene rings is 1. The van der Waals surface area contributed by atoms with Crippen molar-refractivity contribution in [2.75, 3.05) is 0 Å². The van der Waals surface area contributed by atoms with Crippen LogP contribution in [0.4, 0.5) is 0 Å². The molecule has 1 aliphatic carbocycles. The van der Waals surface area contributed by atoms with Crippen LogP contribution in [0.1, 0.15) is 31.2 Å². The molecule has 1 nitrogen and oxygen atoms in total. The van der Waals surface area contributed by atoms with E-state index in [4.69, 9.17) is 0 Å². The van der Waals surface area contributed by atoms with Crippen LogP contribution in [-0.4, -0.2) is 4.98 Å². The minimum Gasteiger partial charge on any atom is -0.256 e. The lowest BCUT2D eigenvalue weighted by atomic mass is 10.1.